The summed E-state index contributed by atoms with van der Waals surface area (Å²) in [6.45, 7) is 0.626. The Bertz CT molecular complexity index is 245. The van der Waals surface area contributed by atoms with Crippen molar-refractivity contribution in [1.29, 1.82) is 0 Å². The molecule has 0 heterocycles. The van der Waals surface area contributed by atoms with Crippen molar-refractivity contribution in [2.24, 2.45) is 0 Å². The molecule has 1 aromatic rings. The molecule has 0 saturated carbocycles. The molecule has 0 N–H and O–H groups in total. The van der Waals surface area contributed by atoms with Crippen LogP contribution in [0.2, 0.25) is 0 Å². The molecule has 0 aliphatic carbocycles. The topological polar surface area (TPSA) is 3.24 Å². The summed E-state index contributed by atoms with van der Waals surface area (Å²) in [4.78, 5) is 1.97. The molecule has 0 amide bonds. The molecule has 0 aliphatic rings. The van der Waals surface area contributed by atoms with Gasteiger partial charge in [0.1, 0.15) is 0 Å². The lowest BCUT2D eigenvalue weighted by molar-refractivity contribution is 1.05. The second kappa shape index (κ2) is 3.68. The number of para-hydroxylation sites is 1. The summed E-state index contributed by atoms with van der Waals surface area (Å²) in [6, 6.07) is 10.9. The molecule has 1 heteroatoms. The van der Waals surface area contributed by atoms with Gasteiger partial charge in [0.25, 0.3) is 0 Å². The number of hydrogen-bond donors (Lipinski definition) is 0. The van der Waals surface area contributed by atoms with Crippen molar-refractivity contribution in [2.75, 3.05) is 18.5 Å². The molecule has 1 rings (SSSR count). The summed E-state index contributed by atoms with van der Waals surface area (Å²) in [5.41, 5.74) is 1.03. The predicted octanol–water partition coefficient (Wildman–Crippen LogP) is 1.56. The van der Waals surface area contributed by atoms with Gasteiger partial charge in [0.05, 0.1) is 6.54 Å². The Morgan fingerprint density at radius 2 is 2.45 bits per heavy atom. The van der Waals surface area contributed by atoms with Crippen LogP contribution in [0.4, 0.5) is 5.69 Å². The number of hydrogen-bond acceptors (Lipinski definition) is 1. The maximum atomic E-state index is 5.16. The minimum atomic E-state index is 0.626. The van der Waals surface area contributed by atoms with Gasteiger partial charge in [-0.05, 0) is 6.07 Å². The molecule has 0 unspecified atom stereocenters. The largest absolute Gasteiger partial charge is 0.363 e. The molecule has 0 aliphatic heterocycles. The van der Waals surface area contributed by atoms with Gasteiger partial charge in [-0.15, -0.1) is 6.42 Å². The van der Waals surface area contributed by atoms with E-state index in [1.165, 1.54) is 0 Å². The normalized spacial score (nSPS) is 8.73. The quantitative estimate of drug-likeness (QED) is 0.569. The Balaban J connectivity index is 2.70. The van der Waals surface area contributed by atoms with Crippen molar-refractivity contribution >= 4 is 5.69 Å². The van der Waals surface area contributed by atoms with Gasteiger partial charge >= 0.3 is 0 Å². The predicted molar refractivity (Wildman–Crippen MR) is 47.4 cm³/mol. The van der Waals surface area contributed by atoms with Crippen LogP contribution in [0.25, 0.3) is 0 Å². The zero-order valence-corrected chi connectivity index (χ0v) is 6.54. The molecule has 1 aromatic carbocycles. The molecule has 55 valence electrons. The molecule has 11 heavy (non-hydrogen) atoms. The first-order chi connectivity index (χ1) is 5.34. The average molecular weight is 144 g/mol. The van der Waals surface area contributed by atoms with Crippen molar-refractivity contribution in [1.82, 2.24) is 0 Å². The fraction of sp³-hybridized carbons (Fsp3) is 0.200. The van der Waals surface area contributed by atoms with Crippen LogP contribution in [0.1, 0.15) is 0 Å². The van der Waals surface area contributed by atoms with Crippen LogP contribution in [0, 0.1) is 18.4 Å². The van der Waals surface area contributed by atoms with Crippen LogP contribution in [0.15, 0.2) is 24.3 Å². The van der Waals surface area contributed by atoms with Gasteiger partial charge in [-0.3, -0.25) is 0 Å². The van der Waals surface area contributed by atoms with E-state index in [-0.39, 0.29) is 0 Å². The first kappa shape index (κ1) is 7.68. The summed E-state index contributed by atoms with van der Waals surface area (Å²) in [6.07, 6.45) is 5.16. The fourth-order valence-electron chi connectivity index (χ4n) is 0.843. The number of nitrogens with zero attached hydrogens (tertiary/aromatic N) is 1. The SMILES string of the molecule is C#CCN(C)c1[c]cccc1. The molecular formula is C10H10N. The van der Waals surface area contributed by atoms with E-state index in [9.17, 15) is 0 Å². The van der Waals surface area contributed by atoms with Crippen LogP contribution >= 0.6 is 0 Å². The zero-order valence-electron chi connectivity index (χ0n) is 6.54. The summed E-state index contributed by atoms with van der Waals surface area (Å²) in [5, 5.41) is 0. The van der Waals surface area contributed by atoms with Crippen molar-refractivity contribution in [2.45, 2.75) is 0 Å². The van der Waals surface area contributed by atoms with Crippen molar-refractivity contribution in [3.8, 4) is 12.3 Å². The number of terminal acetylenes is 1. The molecule has 1 nitrogen and oxygen atoms in total. The zero-order chi connectivity index (χ0) is 8.10. The minimum absolute atomic E-state index is 0.626. The van der Waals surface area contributed by atoms with Gasteiger partial charge < -0.3 is 4.90 Å². The molecular weight excluding hydrogens is 134 g/mol. The Hall–Kier alpha value is -1.42. The third-order valence-corrected chi connectivity index (χ3v) is 1.43. The van der Waals surface area contributed by atoms with Gasteiger partial charge in [-0.1, -0.05) is 24.1 Å². The van der Waals surface area contributed by atoms with E-state index in [1.54, 1.807) is 0 Å². The van der Waals surface area contributed by atoms with Gasteiger partial charge in [-0.25, -0.2) is 0 Å². The third-order valence-electron chi connectivity index (χ3n) is 1.43. The lowest BCUT2D eigenvalue weighted by Gasteiger charge is -2.14. The molecule has 0 atom stereocenters. The lowest BCUT2D eigenvalue weighted by atomic mass is 10.3. The summed E-state index contributed by atoms with van der Waals surface area (Å²) in [5.74, 6) is 2.57. The Labute approximate surface area is 67.7 Å². The van der Waals surface area contributed by atoms with E-state index in [2.05, 4.69) is 12.0 Å². The van der Waals surface area contributed by atoms with Crippen molar-refractivity contribution in [3.63, 3.8) is 0 Å². The molecule has 0 saturated heterocycles. The molecule has 0 bridgehead atoms. The Morgan fingerprint density at radius 1 is 1.64 bits per heavy atom. The first-order valence-electron chi connectivity index (χ1n) is 3.46. The third kappa shape index (κ3) is 2.01. The number of anilines is 1. The van der Waals surface area contributed by atoms with E-state index < -0.39 is 0 Å². The van der Waals surface area contributed by atoms with Gasteiger partial charge in [0.15, 0.2) is 0 Å². The van der Waals surface area contributed by atoms with E-state index >= 15 is 0 Å². The second-order valence-corrected chi connectivity index (χ2v) is 2.31. The summed E-state index contributed by atoms with van der Waals surface area (Å²) >= 11 is 0. The van der Waals surface area contributed by atoms with Gasteiger partial charge in [-0.2, -0.15) is 0 Å². The fourth-order valence-corrected chi connectivity index (χ4v) is 0.843. The number of rotatable bonds is 2. The summed E-state index contributed by atoms with van der Waals surface area (Å²) in [7, 11) is 1.95. The van der Waals surface area contributed by atoms with E-state index in [1.807, 2.05) is 36.2 Å². The van der Waals surface area contributed by atoms with E-state index in [4.69, 9.17) is 6.42 Å². The van der Waals surface area contributed by atoms with Crippen LogP contribution in [0.3, 0.4) is 0 Å². The van der Waals surface area contributed by atoms with E-state index in [0.717, 1.165) is 5.69 Å². The van der Waals surface area contributed by atoms with Crippen LogP contribution in [-0.2, 0) is 0 Å². The van der Waals surface area contributed by atoms with Crippen molar-refractivity contribution in [3.05, 3.63) is 30.3 Å². The molecule has 0 spiro atoms. The number of benzene rings is 1. The maximum absolute atomic E-state index is 5.16. The smallest absolute Gasteiger partial charge is 0.0788 e. The Morgan fingerprint density at radius 3 is 3.00 bits per heavy atom. The monoisotopic (exact) mass is 144 g/mol. The summed E-state index contributed by atoms with van der Waals surface area (Å²) < 4.78 is 0. The highest BCUT2D eigenvalue weighted by Crippen LogP contribution is 2.08. The van der Waals surface area contributed by atoms with Crippen LogP contribution in [-0.4, -0.2) is 13.6 Å². The van der Waals surface area contributed by atoms with E-state index in [0.29, 0.717) is 6.54 Å². The van der Waals surface area contributed by atoms with Crippen LogP contribution < -0.4 is 4.90 Å². The highest BCUT2D eigenvalue weighted by molar-refractivity contribution is 5.44. The van der Waals surface area contributed by atoms with Gasteiger partial charge in [0.2, 0.25) is 0 Å². The highest BCUT2D eigenvalue weighted by atomic mass is 15.1. The highest BCUT2D eigenvalue weighted by Gasteiger charge is 1.94. The van der Waals surface area contributed by atoms with Gasteiger partial charge in [0, 0.05) is 18.8 Å². The Kier molecular flexibility index (Phi) is 2.57. The second-order valence-electron chi connectivity index (χ2n) is 2.31. The van der Waals surface area contributed by atoms with Crippen molar-refractivity contribution < 1.29 is 0 Å². The molecule has 1 radical (unpaired) electrons. The molecule has 0 fully saturated rings. The average Bonchev–Trinajstić information content (AvgIpc) is 2.07. The molecule has 0 aromatic heterocycles. The maximum Gasteiger partial charge on any atom is 0.0788 e. The lowest BCUT2D eigenvalue weighted by Crippen LogP contribution is -2.16. The van der Waals surface area contributed by atoms with Crippen LogP contribution in [0.5, 0.6) is 0 Å². The standard InChI is InChI=1S/C10H10N/c1-3-9-11(2)10-7-5-4-6-8-10/h1,4-7H,9H2,2H3. The first-order valence-corrected chi connectivity index (χ1v) is 3.46. The minimum Gasteiger partial charge on any atom is -0.363 e.